The third kappa shape index (κ3) is 3.82. The van der Waals surface area contributed by atoms with Gasteiger partial charge in [0.1, 0.15) is 35.1 Å². The number of rotatable bonds is 4. The van der Waals surface area contributed by atoms with Crippen LogP contribution in [0.1, 0.15) is 67.8 Å². The van der Waals surface area contributed by atoms with Crippen molar-refractivity contribution in [2.24, 2.45) is 11.8 Å². The average Bonchev–Trinajstić information content (AvgIpc) is 3.53. The van der Waals surface area contributed by atoms with E-state index >= 15 is 0 Å². The Hall–Kier alpha value is -3.85. The summed E-state index contributed by atoms with van der Waals surface area (Å²) in [5, 5.41) is 19.8. The van der Waals surface area contributed by atoms with Crippen LogP contribution in [0, 0.1) is 18.8 Å². The first-order valence-corrected chi connectivity index (χ1v) is 13.5. The molecule has 0 radical (unpaired) electrons. The number of hydrogen-bond acceptors (Lipinski definition) is 7. The monoisotopic (exact) mass is 530 g/mol. The third-order valence-electron chi connectivity index (χ3n) is 8.12. The Morgan fingerprint density at radius 3 is 2.64 bits per heavy atom. The van der Waals surface area contributed by atoms with Gasteiger partial charge in [-0.1, -0.05) is 58.0 Å². The quantitative estimate of drug-likeness (QED) is 0.408. The van der Waals surface area contributed by atoms with Crippen molar-refractivity contribution in [1.29, 1.82) is 0 Å². The van der Waals surface area contributed by atoms with Gasteiger partial charge in [0.25, 0.3) is 0 Å². The molecule has 3 aliphatic heterocycles. The van der Waals surface area contributed by atoms with E-state index in [1.807, 2.05) is 57.2 Å². The van der Waals surface area contributed by atoms with Crippen LogP contribution >= 0.6 is 0 Å². The number of aliphatic hydroxyl groups excluding tert-OH is 1. The van der Waals surface area contributed by atoms with Gasteiger partial charge in [-0.15, -0.1) is 0 Å². The van der Waals surface area contributed by atoms with Crippen LogP contribution in [0.2, 0.25) is 0 Å². The highest BCUT2D eigenvalue weighted by Gasteiger charge is 2.60. The Morgan fingerprint density at radius 1 is 1.13 bits per heavy atom. The Labute approximate surface area is 227 Å². The van der Waals surface area contributed by atoms with Gasteiger partial charge in [0.2, 0.25) is 17.7 Å². The number of hydrogen-bond donors (Lipinski definition) is 4. The number of nitrogens with zero attached hydrogens (tertiary/aromatic N) is 1. The van der Waals surface area contributed by atoms with Crippen LogP contribution in [-0.4, -0.2) is 40.3 Å². The fraction of sp³-hybridized carbons (Fsp3) is 0.433. The van der Waals surface area contributed by atoms with Gasteiger partial charge in [-0.25, -0.2) is 4.98 Å². The molecular formula is C30H34N4O5. The van der Waals surface area contributed by atoms with Crippen LogP contribution in [0.5, 0.6) is 5.75 Å². The van der Waals surface area contributed by atoms with E-state index in [1.165, 1.54) is 0 Å². The van der Waals surface area contributed by atoms with E-state index in [-0.39, 0.29) is 24.2 Å². The zero-order valence-corrected chi connectivity index (χ0v) is 22.7. The number of aromatic nitrogens is 1. The van der Waals surface area contributed by atoms with Crippen molar-refractivity contribution in [2.45, 2.75) is 70.9 Å². The highest BCUT2D eigenvalue weighted by atomic mass is 16.5. The van der Waals surface area contributed by atoms with Crippen LogP contribution in [0.25, 0.3) is 0 Å². The molecule has 0 aliphatic carbocycles. The molecule has 2 aromatic carbocycles. The van der Waals surface area contributed by atoms with Crippen molar-refractivity contribution in [2.75, 3.05) is 5.32 Å². The molecule has 39 heavy (non-hydrogen) atoms. The summed E-state index contributed by atoms with van der Waals surface area (Å²) in [6.45, 7) is 9.41. The number of anilines is 1. The Bertz CT molecular complexity index is 1460. The molecule has 0 saturated carbocycles. The van der Waals surface area contributed by atoms with Crippen LogP contribution in [0.15, 0.2) is 46.9 Å². The fourth-order valence-corrected chi connectivity index (χ4v) is 6.04. The van der Waals surface area contributed by atoms with Crippen LogP contribution in [0.3, 0.4) is 0 Å². The minimum absolute atomic E-state index is 0.0455. The molecule has 204 valence electrons. The van der Waals surface area contributed by atoms with Gasteiger partial charge in [0.15, 0.2) is 6.23 Å². The summed E-state index contributed by atoms with van der Waals surface area (Å²) in [6.07, 6.45) is -1.43. The van der Waals surface area contributed by atoms with Gasteiger partial charge >= 0.3 is 0 Å². The van der Waals surface area contributed by atoms with E-state index in [0.29, 0.717) is 11.7 Å². The van der Waals surface area contributed by atoms with Crippen LogP contribution in [-0.2, 0) is 21.4 Å². The molecule has 1 aromatic heterocycles. The van der Waals surface area contributed by atoms with Gasteiger partial charge in [0.05, 0.1) is 5.69 Å². The molecule has 3 aliphatic rings. The number of nitrogens with one attached hydrogen (secondary N) is 3. The first kappa shape index (κ1) is 25.4. The predicted molar refractivity (Wildman–Crippen MR) is 144 cm³/mol. The standard InChI is InChI=1S/C30H34N4O5/c1-14(2)23-28-31-16(5)25(39-28)30-18-8-6-7-9-20(18)33-29(30)38-22-11-10-17(12-19(22)30)13-21(26(36)34-23)32-27(37)24(35)15(3)4/h6-12,14-15,21,23-24,29,33,35H,13H2,1-5H3,(H,32,37)(H,34,36)/t21-,23-,24?,29?,30?/m0/s1. The Kier molecular flexibility index (Phi) is 5.95. The van der Waals surface area contributed by atoms with Crippen molar-refractivity contribution in [3.63, 3.8) is 0 Å². The number of carbonyl (C=O) groups is 2. The summed E-state index contributed by atoms with van der Waals surface area (Å²) in [5.41, 5.74) is 3.70. The summed E-state index contributed by atoms with van der Waals surface area (Å²) in [4.78, 5) is 31.3. The molecule has 4 heterocycles. The summed E-state index contributed by atoms with van der Waals surface area (Å²) >= 11 is 0. The molecular weight excluding hydrogens is 496 g/mol. The van der Waals surface area contributed by atoms with E-state index in [0.717, 1.165) is 33.8 Å². The maximum absolute atomic E-state index is 13.6. The smallest absolute Gasteiger partial charge is 0.249 e. The fourth-order valence-electron chi connectivity index (χ4n) is 6.04. The average molecular weight is 531 g/mol. The Balaban J connectivity index is 1.55. The largest absolute Gasteiger partial charge is 0.469 e. The molecule has 5 atom stereocenters. The molecule has 4 bridgehead atoms. The number of para-hydroxylation sites is 1. The summed E-state index contributed by atoms with van der Waals surface area (Å²) in [6, 6.07) is 12.5. The van der Waals surface area contributed by atoms with E-state index in [9.17, 15) is 14.7 Å². The number of aliphatic hydroxyl groups is 1. The minimum atomic E-state index is -1.23. The number of ether oxygens (including phenoxy) is 1. The second-order valence-electron chi connectivity index (χ2n) is 11.5. The molecule has 9 heteroatoms. The first-order valence-electron chi connectivity index (χ1n) is 13.5. The number of fused-ring (bicyclic) bond motifs is 4. The molecule has 9 nitrogen and oxygen atoms in total. The molecule has 0 saturated heterocycles. The summed E-state index contributed by atoms with van der Waals surface area (Å²) < 4.78 is 13.1. The SMILES string of the molecule is Cc1nc2oc1C13c4ccccc4NC1Oc1ccc(cc13)C[C@H](NC(=O)C(O)C(C)C)C(=O)N[C@H]2C(C)C. The molecule has 2 amide bonds. The lowest BCUT2D eigenvalue weighted by Crippen LogP contribution is -2.52. The first-order chi connectivity index (χ1) is 18.6. The van der Waals surface area contributed by atoms with E-state index in [1.54, 1.807) is 13.8 Å². The highest BCUT2D eigenvalue weighted by molar-refractivity contribution is 5.90. The molecule has 6 rings (SSSR count). The third-order valence-corrected chi connectivity index (χ3v) is 8.12. The maximum Gasteiger partial charge on any atom is 0.249 e. The van der Waals surface area contributed by atoms with Gasteiger partial charge in [-0.3, -0.25) is 9.59 Å². The van der Waals surface area contributed by atoms with Crippen LogP contribution < -0.4 is 20.7 Å². The van der Waals surface area contributed by atoms with Crippen molar-refractivity contribution >= 4 is 17.5 Å². The van der Waals surface area contributed by atoms with Gasteiger partial charge in [-0.05, 0) is 42.0 Å². The molecule has 1 spiro atoms. The second kappa shape index (κ2) is 9.12. The zero-order valence-electron chi connectivity index (χ0n) is 22.7. The number of carbonyl (C=O) groups excluding carboxylic acids is 2. The molecule has 3 unspecified atom stereocenters. The van der Waals surface area contributed by atoms with Gasteiger partial charge in [0, 0.05) is 17.7 Å². The van der Waals surface area contributed by atoms with Crippen LogP contribution in [0.4, 0.5) is 5.69 Å². The van der Waals surface area contributed by atoms with Crippen molar-refractivity contribution in [3.8, 4) is 5.75 Å². The number of oxazole rings is 1. The summed E-state index contributed by atoms with van der Waals surface area (Å²) in [5.74, 6) is 0.523. The topological polar surface area (TPSA) is 126 Å². The maximum atomic E-state index is 13.6. The number of amides is 2. The lowest BCUT2D eigenvalue weighted by Gasteiger charge is -2.29. The predicted octanol–water partition coefficient (Wildman–Crippen LogP) is 3.33. The van der Waals surface area contributed by atoms with Gasteiger partial charge < -0.3 is 30.2 Å². The van der Waals surface area contributed by atoms with Crippen molar-refractivity contribution in [3.05, 3.63) is 76.5 Å². The van der Waals surface area contributed by atoms with Gasteiger partial charge in [-0.2, -0.15) is 0 Å². The number of benzene rings is 2. The second-order valence-corrected chi connectivity index (χ2v) is 11.5. The lowest BCUT2D eigenvalue weighted by molar-refractivity contribution is -0.135. The number of aryl methyl sites for hydroxylation is 1. The molecule has 0 fully saturated rings. The van der Waals surface area contributed by atoms with Crippen molar-refractivity contribution < 1.29 is 23.8 Å². The summed E-state index contributed by atoms with van der Waals surface area (Å²) in [7, 11) is 0. The zero-order chi connectivity index (χ0) is 27.6. The minimum Gasteiger partial charge on any atom is -0.469 e. The van der Waals surface area contributed by atoms with E-state index < -0.39 is 35.7 Å². The van der Waals surface area contributed by atoms with E-state index in [2.05, 4.69) is 22.0 Å². The van der Waals surface area contributed by atoms with E-state index in [4.69, 9.17) is 14.1 Å². The highest BCUT2D eigenvalue weighted by Crippen LogP contribution is 2.58. The lowest BCUT2D eigenvalue weighted by atomic mass is 9.72. The Morgan fingerprint density at radius 2 is 1.90 bits per heavy atom. The normalized spacial score (nSPS) is 25.5. The molecule has 4 N–H and O–H groups in total. The molecule has 3 aromatic rings. The van der Waals surface area contributed by atoms with Crippen molar-refractivity contribution in [1.82, 2.24) is 15.6 Å².